The van der Waals surface area contributed by atoms with Crippen molar-refractivity contribution in [1.29, 1.82) is 0 Å². The molecule has 1 aromatic rings. The minimum absolute atomic E-state index is 0.0236. The maximum atomic E-state index is 11.7. The summed E-state index contributed by atoms with van der Waals surface area (Å²) >= 11 is 0. The van der Waals surface area contributed by atoms with Crippen molar-refractivity contribution in [3.63, 3.8) is 0 Å². The van der Waals surface area contributed by atoms with Crippen molar-refractivity contribution >= 4 is 34.3 Å². The number of carbonyl (C=O) groups excluding carboxylic acids is 4. The number of allylic oxidation sites excluding steroid dienone is 2. The molecular weight excluding hydrogens is 232 g/mol. The third kappa shape index (κ3) is 0.953. The molecule has 0 amide bonds. The molecule has 0 heterocycles. The zero-order valence-electron chi connectivity index (χ0n) is 9.20. The number of ketones is 4. The minimum Gasteiger partial charge on any atom is -0.285 e. The van der Waals surface area contributed by atoms with Crippen LogP contribution in [0.15, 0.2) is 25.3 Å². The van der Waals surface area contributed by atoms with Gasteiger partial charge in [0.25, 0.3) is 0 Å². The van der Waals surface area contributed by atoms with Crippen LogP contribution in [-0.2, 0) is 9.59 Å². The highest BCUT2D eigenvalue weighted by molar-refractivity contribution is 6.66. The predicted molar refractivity (Wildman–Crippen MR) is 63.2 cm³/mol. The highest BCUT2D eigenvalue weighted by Gasteiger charge is 2.41. The van der Waals surface area contributed by atoms with Crippen LogP contribution in [0, 0.1) is 0 Å². The largest absolute Gasteiger partial charge is 0.285 e. The Kier molecular flexibility index (Phi) is 1.74. The molecule has 0 saturated heterocycles. The molecule has 0 fully saturated rings. The lowest BCUT2D eigenvalue weighted by Gasteiger charge is -2.05. The standard InChI is InChI=1S/C14H6O4/c1-5-9-7(13(17)11(5)15)3-4-8-10(9)6(2)12(16)14(8)18/h3-4H,1-2H2. The zero-order chi connectivity index (χ0) is 13.2. The van der Waals surface area contributed by atoms with E-state index in [1.54, 1.807) is 0 Å². The highest BCUT2D eigenvalue weighted by atomic mass is 16.2. The van der Waals surface area contributed by atoms with Crippen molar-refractivity contribution in [2.24, 2.45) is 0 Å². The van der Waals surface area contributed by atoms with Crippen LogP contribution < -0.4 is 0 Å². The second-order valence-corrected chi connectivity index (χ2v) is 4.18. The van der Waals surface area contributed by atoms with Crippen LogP contribution >= 0.6 is 0 Å². The van der Waals surface area contributed by atoms with Crippen molar-refractivity contribution < 1.29 is 19.2 Å². The first-order valence-corrected chi connectivity index (χ1v) is 5.18. The molecule has 4 heteroatoms. The molecule has 4 nitrogen and oxygen atoms in total. The molecule has 1 aromatic carbocycles. The first-order chi connectivity index (χ1) is 8.45. The van der Waals surface area contributed by atoms with Crippen molar-refractivity contribution in [2.45, 2.75) is 0 Å². The molecule has 0 bridgehead atoms. The molecule has 0 aliphatic heterocycles. The van der Waals surface area contributed by atoms with Gasteiger partial charge in [-0.05, 0) is 12.1 Å². The Bertz CT molecular complexity index is 671. The minimum atomic E-state index is -0.696. The lowest BCUT2D eigenvalue weighted by Crippen LogP contribution is -2.06. The second-order valence-electron chi connectivity index (χ2n) is 4.18. The summed E-state index contributed by atoms with van der Waals surface area (Å²) in [6, 6.07) is 2.77. The van der Waals surface area contributed by atoms with E-state index in [1.165, 1.54) is 12.1 Å². The Morgan fingerprint density at radius 3 is 1.28 bits per heavy atom. The van der Waals surface area contributed by atoms with Gasteiger partial charge in [-0.2, -0.15) is 0 Å². The van der Waals surface area contributed by atoms with Gasteiger partial charge in [-0.25, -0.2) is 0 Å². The van der Waals surface area contributed by atoms with E-state index >= 15 is 0 Å². The van der Waals surface area contributed by atoms with Crippen molar-refractivity contribution in [2.75, 3.05) is 0 Å². The van der Waals surface area contributed by atoms with Gasteiger partial charge in [0.1, 0.15) is 0 Å². The van der Waals surface area contributed by atoms with Crippen LogP contribution in [0.3, 0.4) is 0 Å². The molecular formula is C14H6O4. The molecule has 2 aliphatic rings. The molecule has 0 aromatic heterocycles. The topological polar surface area (TPSA) is 68.3 Å². The van der Waals surface area contributed by atoms with Gasteiger partial charge in [-0.15, -0.1) is 0 Å². The Labute approximate surface area is 102 Å². The van der Waals surface area contributed by atoms with Crippen molar-refractivity contribution in [3.8, 4) is 0 Å². The molecule has 0 atom stereocenters. The van der Waals surface area contributed by atoms with Crippen LogP contribution in [0.25, 0.3) is 11.1 Å². The van der Waals surface area contributed by atoms with Crippen molar-refractivity contribution in [3.05, 3.63) is 47.5 Å². The van der Waals surface area contributed by atoms with Crippen LogP contribution in [-0.4, -0.2) is 23.1 Å². The highest BCUT2D eigenvalue weighted by Crippen LogP contribution is 2.40. The Balaban J connectivity index is 2.45. The lowest BCUT2D eigenvalue weighted by atomic mass is 9.96. The van der Waals surface area contributed by atoms with Crippen LogP contribution in [0.4, 0.5) is 0 Å². The van der Waals surface area contributed by atoms with Gasteiger partial charge in [-0.3, -0.25) is 19.2 Å². The van der Waals surface area contributed by atoms with Crippen LogP contribution in [0.1, 0.15) is 31.8 Å². The molecule has 0 N–H and O–H groups in total. The van der Waals surface area contributed by atoms with E-state index in [0.717, 1.165) is 0 Å². The van der Waals surface area contributed by atoms with Gasteiger partial charge in [0.05, 0.1) is 0 Å². The van der Waals surface area contributed by atoms with E-state index in [0.29, 0.717) is 0 Å². The van der Waals surface area contributed by atoms with E-state index in [-0.39, 0.29) is 33.4 Å². The summed E-state index contributed by atoms with van der Waals surface area (Å²) in [5.41, 5.74) is 0.990. The lowest BCUT2D eigenvalue weighted by molar-refractivity contribution is -0.110. The first kappa shape index (κ1) is 10.5. The fourth-order valence-corrected chi connectivity index (χ4v) is 2.35. The number of rotatable bonds is 0. The molecule has 0 saturated carbocycles. The third-order valence-electron chi connectivity index (χ3n) is 3.26. The maximum absolute atomic E-state index is 11.7. The maximum Gasteiger partial charge on any atom is 0.234 e. The monoisotopic (exact) mass is 238 g/mol. The number of carbonyl (C=O) groups is 4. The number of fused-ring (bicyclic) bond motifs is 3. The van der Waals surface area contributed by atoms with Gasteiger partial charge < -0.3 is 0 Å². The van der Waals surface area contributed by atoms with Gasteiger partial charge >= 0.3 is 0 Å². The molecule has 86 valence electrons. The van der Waals surface area contributed by atoms with Crippen LogP contribution in [0.2, 0.25) is 0 Å². The molecule has 0 spiro atoms. The summed E-state index contributed by atoms with van der Waals surface area (Å²) in [5.74, 6) is -2.70. The number of hydrogen-bond donors (Lipinski definition) is 0. The second kappa shape index (κ2) is 2.98. The van der Waals surface area contributed by atoms with E-state index in [9.17, 15) is 19.2 Å². The quantitative estimate of drug-likeness (QED) is 0.503. The molecule has 0 radical (unpaired) electrons. The normalized spacial score (nSPS) is 17.6. The van der Waals surface area contributed by atoms with E-state index in [4.69, 9.17) is 0 Å². The smallest absolute Gasteiger partial charge is 0.234 e. The summed E-state index contributed by atoms with van der Waals surface area (Å²) in [7, 11) is 0. The van der Waals surface area contributed by atoms with Gasteiger partial charge in [0, 0.05) is 33.4 Å². The molecule has 2 aliphatic carbocycles. The summed E-state index contributed by atoms with van der Waals surface area (Å²) in [6.07, 6.45) is 0. The summed E-state index contributed by atoms with van der Waals surface area (Å²) in [4.78, 5) is 46.5. The summed E-state index contributed by atoms with van der Waals surface area (Å²) in [5, 5.41) is 0. The molecule has 3 rings (SSSR count). The Hall–Kier alpha value is -2.62. The number of hydrogen-bond acceptors (Lipinski definition) is 4. The SMILES string of the molecule is C=C1C(=O)C(=O)c2ccc3c(c21)C(=C)C(=O)C3=O. The Morgan fingerprint density at radius 2 is 0.944 bits per heavy atom. The average Bonchev–Trinajstić information content (AvgIpc) is 2.72. The van der Waals surface area contributed by atoms with Gasteiger partial charge in [0.2, 0.25) is 23.1 Å². The van der Waals surface area contributed by atoms with E-state index in [1.807, 2.05) is 0 Å². The van der Waals surface area contributed by atoms with Gasteiger partial charge in [0.15, 0.2) is 0 Å². The zero-order valence-corrected chi connectivity index (χ0v) is 9.20. The fraction of sp³-hybridized carbons (Fsp3) is 0. The van der Waals surface area contributed by atoms with Crippen molar-refractivity contribution in [1.82, 2.24) is 0 Å². The Morgan fingerprint density at radius 1 is 0.611 bits per heavy atom. The van der Waals surface area contributed by atoms with E-state index < -0.39 is 23.1 Å². The first-order valence-electron chi connectivity index (χ1n) is 5.18. The molecule has 0 unspecified atom stereocenters. The van der Waals surface area contributed by atoms with Gasteiger partial charge in [-0.1, -0.05) is 13.2 Å². The summed E-state index contributed by atoms with van der Waals surface area (Å²) in [6.45, 7) is 7.11. The third-order valence-corrected chi connectivity index (χ3v) is 3.26. The molecule has 18 heavy (non-hydrogen) atoms. The fourth-order valence-electron chi connectivity index (χ4n) is 2.35. The number of benzene rings is 1. The summed E-state index contributed by atoms with van der Waals surface area (Å²) < 4.78 is 0. The predicted octanol–water partition coefficient (Wildman–Crippen LogP) is 1.24. The van der Waals surface area contributed by atoms with Crippen LogP contribution in [0.5, 0.6) is 0 Å². The van der Waals surface area contributed by atoms with E-state index in [2.05, 4.69) is 13.2 Å². The number of Topliss-reactive ketones (excluding diaryl/α,β-unsaturated/α-hetero) is 4. The average molecular weight is 238 g/mol.